The van der Waals surface area contributed by atoms with Crippen LogP contribution < -0.4 is 5.56 Å². The molecular weight excluding hydrogens is 314 g/mol. The molecule has 2 rings (SSSR count). The molecule has 2 amide bonds. The summed E-state index contributed by atoms with van der Waals surface area (Å²) in [6.07, 6.45) is 2.63. The molecule has 1 atom stereocenters. The molecule has 1 saturated heterocycles. The van der Waals surface area contributed by atoms with Crippen LogP contribution in [0.15, 0.2) is 23.1 Å². The van der Waals surface area contributed by atoms with Gasteiger partial charge in [0.2, 0.25) is 11.5 Å². The molecule has 24 heavy (non-hydrogen) atoms. The van der Waals surface area contributed by atoms with Crippen molar-refractivity contribution in [3.63, 3.8) is 0 Å². The first-order valence-electron chi connectivity index (χ1n) is 7.72. The molecule has 0 saturated carbocycles. The summed E-state index contributed by atoms with van der Waals surface area (Å²) in [6, 6.07) is 2.72. The third-order valence-corrected chi connectivity index (χ3v) is 4.18. The average Bonchev–Trinajstić information content (AvgIpc) is 2.56. The van der Waals surface area contributed by atoms with Crippen molar-refractivity contribution in [2.75, 3.05) is 26.7 Å². The number of aromatic nitrogens is 1. The number of pyridine rings is 1. The number of hydrogen-bond donors (Lipinski definition) is 1. The van der Waals surface area contributed by atoms with E-state index in [1.807, 2.05) is 0 Å². The van der Waals surface area contributed by atoms with E-state index in [4.69, 9.17) is 5.11 Å². The second kappa shape index (κ2) is 7.29. The van der Waals surface area contributed by atoms with Crippen LogP contribution in [-0.2, 0) is 16.6 Å². The van der Waals surface area contributed by atoms with Gasteiger partial charge in [-0.1, -0.05) is 0 Å². The first-order chi connectivity index (χ1) is 11.3. The average molecular weight is 335 g/mol. The fourth-order valence-corrected chi connectivity index (χ4v) is 2.72. The third kappa shape index (κ3) is 4.01. The molecule has 0 radical (unpaired) electrons. The first kappa shape index (κ1) is 17.7. The Morgan fingerprint density at radius 3 is 2.67 bits per heavy atom. The number of hydrogen-bond acceptors (Lipinski definition) is 4. The minimum atomic E-state index is -0.901. The second-order valence-electron chi connectivity index (χ2n) is 6.05. The van der Waals surface area contributed by atoms with Crippen LogP contribution in [0.5, 0.6) is 0 Å². The Morgan fingerprint density at radius 1 is 1.33 bits per heavy atom. The molecule has 0 spiro atoms. The summed E-state index contributed by atoms with van der Waals surface area (Å²) in [5.41, 5.74) is 0.0905. The van der Waals surface area contributed by atoms with Crippen molar-refractivity contribution in [2.24, 2.45) is 13.0 Å². The van der Waals surface area contributed by atoms with Crippen LogP contribution in [0, 0.1) is 5.92 Å². The molecule has 1 aliphatic heterocycles. The lowest BCUT2D eigenvalue weighted by molar-refractivity contribution is -0.145. The topological polar surface area (TPSA) is 99.9 Å². The zero-order valence-electron chi connectivity index (χ0n) is 13.8. The largest absolute Gasteiger partial charge is 0.481 e. The van der Waals surface area contributed by atoms with Gasteiger partial charge in [-0.25, -0.2) is 0 Å². The van der Waals surface area contributed by atoms with Crippen LogP contribution >= 0.6 is 0 Å². The smallest absolute Gasteiger partial charge is 0.308 e. The van der Waals surface area contributed by atoms with Crippen molar-refractivity contribution in [1.29, 1.82) is 0 Å². The highest BCUT2D eigenvalue weighted by Crippen LogP contribution is 2.17. The number of nitrogens with zero attached hydrogens (tertiary/aromatic N) is 3. The second-order valence-corrected chi connectivity index (χ2v) is 6.05. The molecule has 0 aliphatic carbocycles. The van der Waals surface area contributed by atoms with Crippen molar-refractivity contribution >= 4 is 17.8 Å². The van der Waals surface area contributed by atoms with E-state index in [2.05, 4.69) is 0 Å². The maximum absolute atomic E-state index is 12.3. The van der Waals surface area contributed by atoms with E-state index >= 15 is 0 Å². The molecule has 1 N–H and O–H groups in total. The molecule has 8 nitrogen and oxygen atoms in total. The lowest BCUT2D eigenvalue weighted by Gasteiger charge is -2.32. The van der Waals surface area contributed by atoms with Gasteiger partial charge in [-0.15, -0.1) is 0 Å². The highest BCUT2D eigenvalue weighted by molar-refractivity contribution is 5.96. The van der Waals surface area contributed by atoms with Gasteiger partial charge < -0.3 is 19.5 Å². The number of carboxylic acids is 1. The summed E-state index contributed by atoms with van der Waals surface area (Å²) in [5, 5.41) is 9.07. The van der Waals surface area contributed by atoms with Crippen molar-refractivity contribution in [2.45, 2.75) is 12.8 Å². The number of rotatable bonds is 4. The zero-order valence-corrected chi connectivity index (χ0v) is 13.8. The highest BCUT2D eigenvalue weighted by Gasteiger charge is 2.29. The van der Waals surface area contributed by atoms with Gasteiger partial charge in [0.25, 0.3) is 5.91 Å². The maximum Gasteiger partial charge on any atom is 0.308 e. The van der Waals surface area contributed by atoms with Crippen molar-refractivity contribution in [3.05, 3.63) is 34.2 Å². The van der Waals surface area contributed by atoms with Crippen LogP contribution in [0.2, 0.25) is 0 Å². The molecule has 1 unspecified atom stereocenters. The van der Waals surface area contributed by atoms with Gasteiger partial charge in [-0.2, -0.15) is 0 Å². The van der Waals surface area contributed by atoms with Gasteiger partial charge >= 0.3 is 5.97 Å². The van der Waals surface area contributed by atoms with Crippen LogP contribution in [0.1, 0.15) is 23.2 Å². The number of likely N-dealkylation sites (N-methyl/N-ethyl adjacent to an activating group) is 1. The molecule has 1 aromatic heterocycles. The van der Waals surface area contributed by atoms with Crippen LogP contribution in [0.25, 0.3) is 0 Å². The van der Waals surface area contributed by atoms with E-state index in [-0.39, 0.29) is 30.5 Å². The van der Waals surface area contributed by atoms with Gasteiger partial charge in [0.15, 0.2) is 0 Å². The fraction of sp³-hybridized carbons (Fsp3) is 0.500. The van der Waals surface area contributed by atoms with Crippen molar-refractivity contribution in [3.8, 4) is 0 Å². The van der Waals surface area contributed by atoms with Gasteiger partial charge in [-0.3, -0.25) is 19.2 Å². The predicted molar refractivity (Wildman–Crippen MR) is 85.6 cm³/mol. The van der Waals surface area contributed by atoms with Crippen LogP contribution in [0.4, 0.5) is 0 Å². The summed E-state index contributed by atoms with van der Waals surface area (Å²) in [5.74, 6) is -2.10. The number of carboxylic acid groups (broad SMARTS) is 1. The highest BCUT2D eigenvalue weighted by atomic mass is 16.4. The van der Waals surface area contributed by atoms with Gasteiger partial charge in [0.05, 0.1) is 18.0 Å². The minimum Gasteiger partial charge on any atom is -0.481 e. The van der Waals surface area contributed by atoms with E-state index in [0.29, 0.717) is 24.9 Å². The van der Waals surface area contributed by atoms with Crippen LogP contribution in [0.3, 0.4) is 0 Å². The van der Waals surface area contributed by atoms with Gasteiger partial charge in [0.1, 0.15) is 0 Å². The molecule has 2 heterocycles. The maximum atomic E-state index is 12.3. The standard InChI is InChI=1S/C16H21N3O5/c1-17-8-11(5-6-13(17)20)15(22)18(2)10-14(21)19-7-3-4-12(9-19)16(23)24/h5-6,8,12H,3-4,7,9-10H2,1-2H3,(H,23,24). The van der Waals surface area contributed by atoms with Gasteiger partial charge in [-0.05, 0) is 18.9 Å². The quantitative estimate of drug-likeness (QED) is 0.820. The number of aliphatic carboxylic acids is 1. The number of likely N-dealkylation sites (tertiary alicyclic amines) is 1. The van der Waals surface area contributed by atoms with Crippen molar-refractivity contribution in [1.82, 2.24) is 14.4 Å². The Bertz CT molecular complexity index is 712. The predicted octanol–water partition coefficient (Wildman–Crippen LogP) is -0.219. The summed E-state index contributed by atoms with van der Waals surface area (Å²) in [7, 11) is 3.05. The molecule has 1 aromatic rings. The zero-order chi connectivity index (χ0) is 17.9. The Balaban J connectivity index is 2.00. The number of carbonyl (C=O) groups is 3. The Kier molecular flexibility index (Phi) is 5.38. The summed E-state index contributed by atoms with van der Waals surface area (Å²) in [4.78, 5) is 49.9. The molecule has 1 fully saturated rings. The number of piperidine rings is 1. The Morgan fingerprint density at radius 2 is 2.04 bits per heavy atom. The summed E-state index contributed by atoms with van der Waals surface area (Å²) < 4.78 is 1.30. The number of carbonyl (C=O) groups excluding carboxylic acids is 2. The van der Waals surface area contributed by atoms with Crippen LogP contribution in [-0.4, -0.2) is 63.9 Å². The molecular formula is C16H21N3O5. The lowest BCUT2D eigenvalue weighted by atomic mass is 9.98. The monoisotopic (exact) mass is 335 g/mol. The molecule has 0 aromatic carbocycles. The van der Waals surface area contributed by atoms with E-state index in [1.54, 1.807) is 7.05 Å². The molecule has 130 valence electrons. The first-order valence-corrected chi connectivity index (χ1v) is 7.72. The van der Waals surface area contributed by atoms with E-state index in [9.17, 15) is 19.2 Å². The minimum absolute atomic E-state index is 0.131. The summed E-state index contributed by atoms with van der Waals surface area (Å²) >= 11 is 0. The van der Waals surface area contributed by atoms with Gasteiger partial charge in [0, 0.05) is 39.4 Å². The summed E-state index contributed by atoms with van der Waals surface area (Å²) in [6.45, 7) is 0.550. The SMILES string of the molecule is CN(CC(=O)N1CCCC(C(=O)O)C1)C(=O)c1ccc(=O)n(C)c1. The lowest BCUT2D eigenvalue weighted by Crippen LogP contribution is -2.47. The Labute approximate surface area is 139 Å². The van der Waals surface area contributed by atoms with E-state index in [0.717, 1.165) is 0 Å². The number of aryl methyl sites for hydroxylation is 1. The number of amides is 2. The van der Waals surface area contributed by atoms with E-state index < -0.39 is 11.9 Å². The normalized spacial score (nSPS) is 17.4. The van der Waals surface area contributed by atoms with E-state index in [1.165, 1.54) is 39.7 Å². The molecule has 8 heteroatoms. The third-order valence-electron chi connectivity index (χ3n) is 4.18. The fourth-order valence-electron chi connectivity index (χ4n) is 2.72. The molecule has 1 aliphatic rings. The van der Waals surface area contributed by atoms with Crippen molar-refractivity contribution < 1.29 is 19.5 Å². The molecule has 0 bridgehead atoms. The Hall–Kier alpha value is -2.64.